The maximum Gasteiger partial charge on any atom is 0.308 e. The van der Waals surface area contributed by atoms with Crippen LogP contribution in [0, 0.1) is 5.92 Å². The maximum atomic E-state index is 12.4. The number of carboxylic acid groups (broad SMARTS) is 1. The van der Waals surface area contributed by atoms with Crippen molar-refractivity contribution >= 4 is 5.97 Å². The van der Waals surface area contributed by atoms with Gasteiger partial charge in [-0.25, -0.2) is 4.39 Å². The fourth-order valence-electron chi connectivity index (χ4n) is 1.29. The van der Waals surface area contributed by atoms with E-state index < -0.39 is 24.1 Å². The molecule has 3 N–H and O–H groups in total. The van der Waals surface area contributed by atoms with Crippen molar-refractivity contribution in [3.8, 4) is 0 Å². The van der Waals surface area contributed by atoms with Gasteiger partial charge in [0, 0.05) is 6.04 Å². The van der Waals surface area contributed by atoms with Crippen molar-refractivity contribution in [2.45, 2.75) is 25.1 Å². The summed E-state index contributed by atoms with van der Waals surface area (Å²) in [6.07, 6.45) is -0.746. The van der Waals surface area contributed by atoms with Gasteiger partial charge < -0.3 is 10.8 Å². The van der Waals surface area contributed by atoms with E-state index in [0.717, 1.165) is 0 Å². The molecule has 0 aromatic carbocycles. The molecule has 3 atom stereocenters. The zero-order valence-electron chi connectivity index (χ0n) is 5.46. The lowest BCUT2D eigenvalue weighted by molar-refractivity contribution is -0.142. The Morgan fingerprint density at radius 1 is 1.60 bits per heavy atom. The van der Waals surface area contributed by atoms with Gasteiger partial charge in [0.25, 0.3) is 0 Å². The SMILES string of the molecule is N[C@@H]1CC(F)C[C@@H]1C(=O)O. The van der Waals surface area contributed by atoms with Crippen molar-refractivity contribution in [2.24, 2.45) is 11.7 Å². The van der Waals surface area contributed by atoms with Crippen molar-refractivity contribution < 1.29 is 14.3 Å². The van der Waals surface area contributed by atoms with E-state index in [4.69, 9.17) is 10.8 Å². The molecule has 1 unspecified atom stereocenters. The number of carboxylic acids is 1. The molecule has 0 radical (unpaired) electrons. The topological polar surface area (TPSA) is 63.3 Å². The van der Waals surface area contributed by atoms with Crippen LogP contribution in [-0.4, -0.2) is 23.3 Å². The first kappa shape index (κ1) is 7.47. The highest BCUT2D eigenvalue weighted by molar-refractivity contribution is 5.71. The monoisotopic (exact) mass is 147 g/mol. The summed E-state index contributed by atoms with van der Waals surface area (Å²) in [7, 11) is 0. The van der Waals surface area contributed by atoms with Crippen LogP contribution in [0.1, 0.15) is 12.8 Å². The minimum atomic E-state index is -1.02. The van der Waals surface area contributed by atoms with E-state index in [9.17, 15) is 9.18 Å². The fourth-order valence-corrected chi connectivity index (χ4v) is 1.29. The predicted molar refractivity (Wildman–Crippen MR) is 33.2 cm³/mol. The normalized spacial score (nSPS) is 40.0. The third-order valence-corrected chi connectivity index (χ3v) is 1.87. The Morgan fingerprint density at radius 2 is 2.20 bits per heavy atom. The summed E-state index contributed by atoms with van der Waals surface area (Å²) >= 11 is 0. The molecule has 1 saturated carbocycles. The molecule has 0 aromatic rings. The molecular formula is C6H10FNO2. The van der Waals surface area contributed by atoms with Crippen molar-refractivity contribution in [3.05, 3.63) is 0 Å². The molecular weight excluding hydrogens is 137 g/mol. The zero-order chi connectivity index (χ0) is 7.72. The lowest BCUT2D eigenvalue weighted by atomic mass is 10.1. The molecule has 0 aliphatic heterocycles. The van der Waals surface area contributed by atoms with E-state index in [1.54, 1.807) is 0 Å². The van der Waals surface area contributed by atoms with E-state index in [0.29, 0.717) is 0 Å². The van der Waals surface area contributed by atoms with Crippen LogP contribution in [0.5, 0.6) is 0 Å². The average Bonchev–Trinajstić information content (AvgIpc) is 2.10. The van der Waals surface area contributed by atoms with Crippen molar-refractivity contribution in [3.63, 3.8) is 0 Å². The molecule has 0 bridgehead atoms. The number of aliphatic carboxylic acids is 1. The van der Waals surface area contributed by atoms with Gasteiger partial charge in [0.15, 0.2) is 0 Å². The molecule has 0 saturated heterocycles. The molecule has 3 nitrogen and oxygen atoms in total. The van der Waals surface area contributed by atoms with Gasteiger partial charge in [0.05, 0.1) is 5.92 Å². The lowest BCUT2D eigenvalue weighted by Gasteiger charge is -2.07. The molecule has 1 aliphatic carbocycles. The Kier molecular flexibility index (Phi) is 1.89. The van der Waals surface area contributed by atoms with E-state index in [1.807, 2.05) is 0 Å². The molecule has 10 heavy (non-hydrogen) atoms. The molecule has 0 heterocycles. The fraction of sp³-hybridized carbons (Fsp3) is 0.833. The Balaban J connectivity index is 2.54. The number of nitrogens with two attached hydrogens (primary N) is 1. The number of carbonyl (C=O) groups is 1. The molecule has 58 valence electrons. The molecule has 1 aliphatic rings. The highest BCUT2D eigenvalue weighted by atomic mass is 19.1. The lowest BCUT2D eigenvalue weighted by Crippen LogP contribution is -2.30. The smallest absolute Gasteiger partial charge is 0.308 e. The number of hydrogen-bond donors (Lipinski definition) is 2. The standard InChI is InChI=1S/C6H10FNO2/c7-3-1-4(6(9)10)5(8)2-3/h3-5H,1-2,8H2,(H,9,10)/t3?,4-,5+/m0/s1. The van der Waals surface area contributed by atoms with Crippen LogP contribution in [0.15, 0.2) is 0 Å². The van der Waals surface area contributed by atoms with Crippen LogP contribution in [0.2, 0.25) is 0 Å². The summed E-state index contributed by atoms with van der Waals surface area (Å²) in [6, 6.07) is -0.493. The molecule has 0 spiro atoms. The van der Waals surface area contributed by atoms with Crippen LogP contribution in [-0.2, 0) is 4.79 Å². The second kappa shape index (κ2) is 2.54. The van der Waals surface area contributed by atoms with Crippen molar-refractivity contribution in [1.82, 2.24) is 0 Å². The second-order valence-corrected chi connectivity index (χ2v) is 2.68. The quantitative estimate of drug-likeness (QED) is 0.554. The van der Waals surface area contributed by atoms with Crippen molar-refractivity contribution in [1.29, 1.82) is 0 Å². The summed E-state index contributed by atoms with van der Waals surface area (Å²) in [4.78, 5) is 10.3. The summed E-state index contributed by atoms with van der Waals surface area (Å²) in [5.41, 5.74) is 5.35. The first-order chi connectivity index (χ1) is 4.61. The first-order valence-corrected chi connectivity index (χ1v) is 3.23. The third-order valence-electron chi connectivity index (χ3n) is 1.87. The largest absolute Gasteiger partial charge is 0.481 e. The van der Waals surface area contributed by atoms with Gasteiger partial charge in [-0.3, -0.25) is 4.79 Å². The van der Waals surface area contributed by atoms with Crippen LogP contribution in [0.25, 0.3) is 0 Å². The summed E-state index contributed by atoms with van der Waals surface area (Å²) < 4.78 is 12.4. The summed E-state index contributed by atoms with van der Waals surface area (Å²) in [6.45, 7) is 0. The first-order valence-electron chi connectivity index (χ1n) is 3.23. The van der Waals surface area contributed by atoms with Gasteiger partial charge in [-0.15, -0.1) is 0 Å². The van der Waals surface area contributed by atoms with Crippen LogP contribution in [0.3, 0.4) is 0 Å². The molecule has 4 heteroatoms. The summed E-state index contributed by atoms with van der Waals surface area (Å²) in [5.74, 6) is -1.65. The number of hydrogen-bond acceptors (Lipinski definition) is 2. The molecule has 1 fully saturated rings. The van der Waals surface area contributed by atoms with E-state index in [2.05, 4.69) is 0 Å². The predicted octanol–water partition coefficient (Wildman–Crippen LogP) is 0.146. The highest BCUT2D eigenvalue weighted by Crippen LogP contribution is 2.26. The third kappa shape index (κ3) is 1.26. The molecule has 1 rings (SSSR count). The number of rotatable bonds is 1. The summed E-state index contributed by atoms with van der Waals surface area (Å²) in [5, 5.41) is 8.45. The minimum Gasteiger partial charge on any atom is -0.481 e. The van der Waals surface area contributed by atoms with E-state index >= 15 is 0 Å². The second-order valence-electron chi connectivity index (χ2n) is 2.68. The van der Waals surface area contributed by atoms with Gasteiger partial charge >= 0.3 is 5.97 Å². The van der Waals surface area contributed by atoms with Crippen LogP contribution >= 0.6 is 0 Å². The molecule has 0 aromatic heterocycles. The Labute approximate surface area is 58.0 Å². The van der Waals surface area contributed by atoms with E-state index in [1.165, 1.54) is 0 Å². The number of alkyl halides is 1. The van der Waals surface area contributed by atoms with Crippen LogP contribution < -0.4 is 5.73 Å². The Hall–Kier alpha value is -0.640. The zero-order valence-corrected chi connectivity index (χ0v) is 5.46. The van der Waals surface area contributed by atoms with Crippen molar-refractivity contribution in [2.75, 3.05) is 0 Å². The Morgan fingerprint density at radius 3 is 2.40 bits per heavy atom. The van der Waals surface area contributed by atoms with Crippen LogP contribution in [0.4, 0.5) is 4.39 Å². The van der Waals surface area contributed by atoms with Gasteiger partial charge in [-0.2, -0.15) is 0 Å². The van der Waals surface area contributed by atoms with Gasteiger partial charge in [0.2, 0.25) is 0 Å². The van der Waals surface area contributed by atoms with Gasteiger partial charge in [-0.05, 0) is 12.8 Å². The van der Waals surface area contributed by atoms with Gasteiger partial charge in [-0.1, -0.05) is 0 Å². The molecule has 0 amide bonds. The van der Waals surface area contributed by atoms with E-state index in [-0.39, 0.29) is 12.8 Å². The minimum absolute atomic E-state index is 0.0799. The highest BCUT2D eigenvalue weighted by Gasteiger charge is 2.36. The average molecular weight is 147 g/mol. The maximum absolute atomic E-state index is 12.4. The Bertz CT molecular complexity index is 151. The van der Waals surface area contributed by atoms with Gasteiger partial charge in [0.1, 0.15) is 6.17 Å². The number of halogens is 1.